The zero-order valence-corrected chi connectivity index (χ0v) is 24.0. The molecule has 2 aromatic heterocycles. The average molecular weight is 568 g/mol. The molecule has 3 heteroatoms. The molecule has 0 aliphatic rings. The van der Waals surface area contributed by atoms with E-state index in [2.05, 4.69) is 144 Å². The van der Waals surface area contributed by atoms with E-state index < -0.39 is 0 Å². The van der Waals surface area contributed by atoms with Crippen molar-refractivity contribution in [2.75, 3.05) is 4.90 Å². The summed E-state index contributed by atoms with van der Waals surface area (Å²) in [6, 6.07) is 54.2. The molecule has 2 heterocycles. The van der Waals surface area contributed by atoms with E-state index in [4.69, 9.17) is 4.42 Å². The summed E-state index contributed by atoms with van der Waals surface area (Å²) >= 11 is 1.86. The van der Waals surface area contributed by atoms with Gasteiger partial charge >= 0.3 is 0 Å². The molecule has 0 bridgehead atoms. The molecule has 0 aliphatic heterocycles. The summed E-state index contributed by atoms with van der Waals surface area (Å²) in [6.07, 6.45) is 0. The summed E-state index contributed by atoms with van der Waals surface area (Å²) in [5.74, 6) is 0. The van der Waals surface area contributed by atoms with E-state index in [9.17, 15) is 0 Å². The van der Waals surface area contributed by atoms with Gasteiger partial charge in [-0.1, -0.05) is 97.1 Å². The highest BCUT2D eigenvalue weighted by Gasteiger charge is 2.18. The van der Waals surface area contributed by atoms with Crippen LogP contribution in [0.2, 0.25) is 0 Å². The van der Waals surface area contributed by atoms with E-state index >= 15 is 0 Å². The fourth-order valence-corrected chi connectivity index (χ4v) is 7.57. The highest BCUT2D eigenvalue weighted by atomic mass is 32.1. The van der Waals surface area contributed by atoms with Gasteiger partial charge in [0.15, 0.2) is 0 Å². The van der Waals surface area contributed by atoms with E-state index in [-0.39, 0.29) is 0 Å². The van der Waals surface area contributed by atoms with Gasteiger partial charge in [0.05, 0.1) is 5.69 Å². The Balaban J connectivity index is 1.21. The van der Waals surface area contributed by atoms with Crippen molar-refractivity contribution in [3.8, 4) is 11.1 Å². The highest BCUT2D eigenvalue weighted by molar-refractivity contribution is 7.25. The third kappa shape index (κ3) is 3.86. The topological polar surface area (TPSA) is 16.4 Å². The Morgan fingerprint density at radius 2 is 1.19 bits per heavy atom. The first-order chi connectivity index (χ1) is 21.3. The molecule has 43 heavy (non-hydrogen) atoms. The van der Waals surface area contributed by atoms with E-state index in [0.29, 0.717) is 0 Å². The average Bonchev–Trinajstić information content (AvgIpc) is 3.63. The van der Waals surface area contributed by atoms with Gasteiger partial charge in [-0.3, -0.25) is 0 Å². The lowest BCUT2D eigenvalue weighted by molar-refractivity contribution is 0.670. The first kappa shape index (κ1) is 24.2. The SMILES string of the molecule is c1ccc(N(c2ccc(-c3cccc4c3oc3ccccc34)cc2)c2cccc3cc4c(cc23)sc2ccccc24)cc1. The fourth-order valence-electron chi connectivity index (χ4n) is 6.44. The number of para-hydroxylation sites is 3. The van der Waals surface area contributed by atoms with E-state index in [1.165, 1.54) is 30.9 Å². The molecule has 0 radical (unpaired) electrons. The Labute approximate surface area is 252 Å². The highest BCUT2D eigenvalue weighted by Crippen LogP contribution is 2.43. The number of thiophene rings is 1. The largest absolute Gasteiger partial charge is 0.455 e. The van der Waals surface area contributed by atoms with E-state index in [1.807, 2.05) is 23.5 Å². The molecule has 0 fully saturated rings. The fraction of sp³-hybridized carbons (Fsp3) is 0. The maximum atomic E-state index is 6.35. The van der Waals surface area contributed by atoms with Crippen LogP contribution in [0.15, 0.2) is 156 Å². The summed E-state index contributed by atoms with van der Waals surface area (Å²) in [5, 5.41) is 7.41. The van der Waals surface area contributed by atoms with Crippen LogP contribution in [0.3, 0.4) is 0 Å². The monoisotopic (exact) mass is 567 g/mol. The van der Waals surface area contributed by atoms with Gasteiger partial charge in [0, 0.05) is 53.3 Å². The van der Waals surface area contributed by atoms with Crippen LogP contribution in [-0.2, 0) is 0 Å². The first-order valence-electron chi connectivity index (χ1n) is 14.5. The summed E-state index contributed by atoms with van der Waals surface area (Å²) < 4.78 is 8.98. The van der Waals surface area contributed by atoms with Crippen LogP contribution in [0.1, 0.15) is 0 Å². The quantitative estimate of drug-likeness (QED) is 0.210. The molecule has 9 aromatic rings. The molecule has 2 nitrogen and oxygen atoms in total. The first-order valence-corrected chi connectivity index (χ1v) is 15.3. The van der Waals surface area contributed by atoms with Crippen molar-refractivity contribution in [2.24, 2.45) is 0 Å². The predicted molar refractivity (Wildman–Crippen MR) is 184 cm³/mol. The van der Waals surface area contributed by atoms with Crippen molar-refractivity contribution in [2.45, 2.75) is 0 Å². The van der Waals surface area contributed by atoms with Crippen LogP contribution < -0.4 is 4.90 Å². The van der Waals surface area contributed by atoms with Crippen LogP contribution >= 0.6 is 11.3 Å². The number of fused-ring (bicyclic) bond motifs is 7. The molecule has 0 N–H and O–H groups in total. The van der Waals surface area contributed by atoms with Gasteiger partial charge in [-0.15, -0.1) is 11.3 Å². The van der Waals surface area contributed by atoms with Crippen LogP contribution in [0.4, 0.5) is 17.1 Å². The summed E-state index contributed by atoms with van der Waals surface area (Å²) in [4.78, 5) is 2.37. The Kier molecular flexibility index (Phi) is 5.40. The van der Waals surface area contributed by atoms with Gasteiger partial charge in [-0.05, 0) is 65.5 Å². The molecule has 0 unspecified atom stereocenters. The Hall–Kier alpha value is -5.38. The lowest BCUT2D eigenvalue weighted by atomic mass is 10.0. The predicted octanol–water partition coefficient (Wildman–Crippen LogP) is 12.2. The molecular weight excluding hydrogens is 543 g/mol. The smallest absolute Gasteiger partial charge is 0.143 e. The molecule has 7 aromatic carbocycles. The molecule has 9 rings (SSSR count). The second-order valence-electron chi connectivity index (χ2n) is 10.9. The number of rotatable bonds is 4. The van der Waals surface area contributed by atoms with Crippen molar-refractivity contribution in [3.63, 3.8) is 0 Å². The van der Waals surface area contributed by atoms with Gasteiger partial charge in [-0.25, -0.2) is 0 Å². The maximum absolute atomic E-state index is 6.35. The third-order valence-electron chi connectivity index (χ3n) is 8.45. The minimum atomic E-state index is 0.917. The number of benzene rings is 7. The number of anilines is 3. The standard InChI is InChI=1S/C40H25NOS/c1-2-11-28(12-3-1)41(36-17-8-10-27-24-35-32-14-5-7-19-38(32)43-39(35)25-34(27)36)29-22-20-26(21-23-29)30-15-9-16-33-31-13-4-6-18-37(31)42-40(30)33/h1-25H. The Bertz CT molecular complexity index is 2450. The lowest BCUT2D eigenvalue weighted by Crippen LogP contribution is -2.10. The van der Waals surface area contributed by atoms with Crippen molar-refractivity contribution in [1.29, 1.82) is 0 Å². The summed E-state index contributed by atoms with van der Waals surface area (Å²) in [6.45, 7) is 0. The zero-order valence-electron chi connectivity index (χ0n) is 23.2. The molecular formula is C40H25NOS. The minimum absolute atomic E-state index is 0.917. The molecule has 0 amide bonds. The maximum Gasteiger partial charge on any atom is 0.143 e. The van der Waals surface area contributed by atoms with E-state index in [0.717, 1.165) is 50.1 Å². The Morgan fingerprint density at radius 1 is 0.465 bits per heavy atom. The number of nitrogens with zero attached hydrogens (tertiary/aromatic N) is 1. The van der Waals surface area contributed by atoms with Crippen molar-refractivity contribution < 1.29 is 4.42 Å². The molecule has 0 saturated heterocycles. The van der Waals surface area contributed by atoms with Crippen molar-refractivity contribution in [1.82, 2.24) is 0 Å². The normalized spacial score (nSPS) is 11.7. The Morgan fingerprint density at radius 3 is 2.07 bits per heavy atom. The minimum Gasteiger partial charge on any atom is -0.455 e. The molecule has 0 saturated carbocycles. The van der Waals surface area contributed by atoms with Crippen LogP contribution in [0.25, 0.3) is 64.0 Å². The molecule has 0 spiro atoms. The lowest BCUT2D eigenvalue weighted by Gasteiger charge is -2.27. The zero-order chi connectivity index (χ0) is 28.3. The van der Waals surface area contributed by atoms with Gasteiger partial charge in [0.2, 0.25) is 0 Å². The van der Waals surface area contributed by atoms with Gasteiger partial charge < -0.3 is 9.32 Å². The van der Waals surface area contributed by atoms with Crippen LogP contribution in [0.5, 0.6) is 0 Å². The van der Waals surface area contributed by atoms with Crippen molar-refractivity contribution in [3.05, 3.63) is 152 Å². The molecule has 0 atom stereocenters. The van der Waals surface area contributed by atoms with Crippen molar-refractivity contribution >= 4 is 81.3 Å². The van der Waals surface area contributed by atoms with Crippen LogP contribution in [0, 0.1) is 0 Å². The molecule has 202 valence electrons. The second-order valence-corrected chi connectivity index (χ2v) is 12.0. The number of hydrogen-bond donors (Lipinski definition) is 0. The van der Waals surface area contributed by atoms with Gasteiger partial charge in [-0.2, -0.15) is 0 Å². The van der Waals surface area contributed by atoms with Gasteiger partial charge in [0.1, 0.15) is 11.2 Å². The second kappa shape index (κ2) is 9.59. The third-order valence-corrected chi connectivity index (χ3v) is 9.58. The summed E-state index contributed by atoms with van der Waals surface area (Å²) in [5.41, 5.74) is 7.47. The summed E-state index contributed by atoms with van der Waals surface area (Å²) in [7, 11) is 0. The molecule has 0 aliphatic carbocycles. The van der Waals surface area contributed by atoms with E-state index in [1.54, 1.807) is 0 Å². The number of furan rings is 1. The number of hydrogen-bond acceptors (Lipinski definition) is 3. The van der Waals surface area contributed by atoms with Gasteiger partial charge in [0.25, 0.3) is 0 Å². The van der Waals surface area contributed by atoms with Crippen LogP contribution in [-0.4, -0.2) is 0 Å².